The first-order valence-corrected chi connectivity index (χ1v) is 6.75. The quantitative estimate of drug-likeness (QED) is 0.818. The average Bonchev–Trinajstić information content (AvgIpc) is 2.37. The lowest BCUT2D eigenvalue weighted by Crippen LogP contribution is -2.43. The van der Waals surface area contributed by atoms with Gasteiger partial charge in [0.1, 0.15) is 12.0 Å². The normalized spacial score (nSPS) is 17.4. The van der Waals surface area contributed by atoms with Gasteiger partial charge in [-0.3, -0.25) is 9.69 Å². The number of carbonyl (C=O) groups excluding carboxylic acids is 1. The Balaban J connectivity index is 1.91. The molecule has 0 radical (unpaired) electrons. The first-order valence-electron chi connectivity index (χ1n) is 6.00. The summed E-state index contributed by atoms with van der Waals surface area (Å²) in [5, 5.41) is 2.90. The van der Waals surface area contributed by atoms with Crippen molar-refractivity contribution < 1.29 is 4.79 Å². The van der Waals surface area contributed by atoms with E-state index in [1.54, 1.807) is 0 Å². The van der Waals surface area contributed by atoms with Gasteiger partial charge in [0.2, 0.25) is 5.91 Å². The zero-order valence-electron chi connectivity index (χ0n) is 10.3. The van der Waals surface area contributed by atoms with Crippen LogP contribution in [0.4, 0.5) is 5.69 Å². The van der Waals surface area contributed by atoms with E-state index < -0.39 is 0 Å². The first kappa shape index (κ1) is 14.5. The van der Waals surface area contributed by atoms with Crippen molar-refractivity contribution in [2.24, 2.45) is 5.73 Å². The molecule has 0 aliphatic carbocycles. The van der Waals surface area contributed by atoms with Crippen molar-refractivity contribution in [3.8, 4) is 0 Å². The number of nitrogens with zero attached hydrogens (tertiary/aromatic N) is 3. The molecule has 0 unspecified atom stereocenters. The molecule has 6 nitrogen and oxygen atoms in total. The van der Waals surface area contributed by atoms with Crippen LogP contribution in [0.15, 0.2) is 6.33 Å². The van der Waals surface area contributed by atoms with Crippen LogP contribution in [-0.4, -0.2) is 46.5 Å². The molecule has 3 N–H and O–H groups in total. The summed E-state index contributed by atoms with van der Waals surface area (Å²) in [6, 6.07) is 0.241. The van der Waals surface area contributed by atoms with Gasteiger partial charge in [-0.2, -0.15) is 0 Å². The van der Waals surface area contributed by atoms with E-state index in [1.807, 2.05) is 4.90 Å². The SMILES string of the molecule is NC1CCN(CC(=O)Nc2c(Cl)ncnc2Cl)CC1. The number of rotatable bonds is 3. The lowest BCUT2D eigenvalue weighted by molar-refractivity contribution is -0.117. The molecule has 0 spiro atoms. The van der Waals surface area contributed by atoms with E-state index >= 15 is 0 Å². The Labute approximate surface area is 121 Å². The highest BCUT2D eigenvalue weighted by atomic mass is 35.5. The zero-order valence-corrected chi connectivity index (χ0v) is 11.8. The van der Waals surface area contributed by atoms with Crippen molar-refractivity contribution in [2.45, 2.75) is 18.9 Å². The van der Waals surface area contributed by atoms with Gasteiger partial charge in [-0.05, 0) is 12.8 Å². The largest absolute Gasteiger partial charge is 0.328 e. The fourth-order valence-corrected chi connectivity index (χ4v) is 2.35. The molecule has 2 heterocycles. The van der Waals surface area contributed by atoms with Gasteiger partial charge in [0, 0.05) is 19.1 Å². The molecule has 19 heavy (non-hydrogen) atoms. The fraction of sp³-hybridized carbons (Fsp3) is 0.545. The summed E-state index contributed by atoms with van der Waals surface area (Å²) in [5.74, 6) is -0.186. The number of nitrogens with one attached hydrogen (secondary N) is 1. The number of hydrogen-bond acceptors (Lipinski definition) is 5. The molecule has 0 saturated carbocycles. The molecule has 1 aliphatic rings. The molecule has 8 heteroatoms. The second-order valence-corrected chi connectivity index (χ2v) is 5.21. The van der Waals surface area contributed by atoms with Crippen molar-refractivity contribution in [2.75, 3.05) is 25.0 Å². The molecule has 1 amide bonds. The minimum Gasteiger partial charge on any atom is -0.328 e. The molecule has 2 rings (SSSR count). The number of likely N-dealkylation sites (tertiary alicyclic amines) is 1. The molecular formula is C11H15Cl2N5O. The van der Waals surface area contributed by atoms with Crippen molar-refractivity contribution in [3.05, 3.63) is 16.6 Å². The molecule has 1 aliphatic heterocycles. The summed E-state index contributed by atoms with van der Waals surface area (Å²) in [4.78, 5) is 21.5. The van der Waals surface area contributed by atoms with Gasteiger partial charge in [0.15, 0.2) is 10.3 Å². The van der Waals surface area contributed by atoms with Gasteiger partial charge in [0.05, 0.1) is 6.54 Å². The second kappa shape index (κ2) is 6.47. The van der Waals surface area contributed by atoms with E-state index in [-0.39, 0.29) is 34.5 Å². The van der Waals surface area contributed by atoms with Crippen LogP contribution >= 0.6 is 23.2 Å². The van der Waals surface area contributed by atoms with Crippen molar-refractivity contribution in [3.63, 3.8) is 0 Å². The maximum absolute atomic E-state index is 11.9. The van der Waals surface area contributed by atoms with Gasteiger partial charge in [-0.1, -0.05) is 23.2 Å². The minimum atomic E-state index is -0.186. The van der Waals surface area contributed by atoms with Gasteiger partial charge < -0.3 is 11.1 Å². The number of carbonyl (C=O) groups is 1. The molecule has 1 aromatic rings. The molecule has 1 fully saturated rings. The predicted molar refractivity (Wildman–Crippen MR) is 74.3 cm³/mol. The second-order valence-electron chi connectivity index (χ2n) is 4.49. The van der Waals surface area contributed by atoms with E-state index in [2.05, 4.69) is 15.3 Å². The third-order valence-electron chi connectivity index (χ3n) is 3.02. The third kappa shape index (κ3) is 4.01. The zero-order chi connectivity index (χ0) is 13.8. The Morgan fingerprint density at radius 3 is 2.53 bits per heavy atom. The van der Waals surface area contributed by atoms with Crippen molar-refractivity contribution >= 4 is 34.8 Å². The summed E-state index contributed by atoms with van der Waals surface area (Å²) in [6.07, 6.45) is 3.05. The minimum absolute atomic E-state index is 0.133. The summed E-state index contributed by atoms with van der Waals surface area (Å²) < 4.78 is 0. The number of nitrogens with two attached hydrogens (primary N) is 1. The summed E-state index contributed by atoms with van der Waals surface area (Å²) in [7, 11) is 0. The van der Waals surface area contributed by atoms with Crippen LogP contribution in [0.25, 0.3) is 0 Å². The van der Waals surface area contributed by atoms with Crippen LogP contribution in [0.2, 0.25) is 10.3 Å². The molecule has 0 aromatic carbocycles. The van der Waals surface area contributed by atoms with Crippen molar-refractivity contribution in [1.82, 2.24) is 14.9 Å². The third-order valence-corrected chi connectivity index (χ3v) is 3.59. The lowest BCUT2D eigenvalue weighted by Gasteiger charge is -2.29. The summed E-state index contributed by atoms with van der Waals surface area (Å²) >= 11 is 11.7. The van der Waals surface area contributed by atoms with Crippen LogP contribution in [0.5, 0.6) is 0 Å². The number of amides is 1. The standard InChI is InChI=1S/C11H15Cl2N5O/c12-10-9(11(13)16-6-15-10)17-8(19)5-18-3-1-7(14)2-4-18/h6-7H,1-5,14H2,(H,17,19). The highest BCUT2D eigenvalue weighted by molar-refractivity contribution is 6.38. The fourth-order valence-electron chi connectivity index (χ4n) is 1.94. The highest BCUT2D eigenvalue weighted by Crippen LogP contribution is 2.25. The topological polar surface area (TPSA) is 84.1 Å². The average molecular weight is 304 g/mol. The van der Waals surface area contributed by atoms with Gasteiger partial charge in [-0.15, -0.1) is 0 Å². The maximum Gasteiger partial charge on any atom is 0.238 e. The number of anilines is 1. The van der Waals surface area contributed by atoms with Crippen molar-refractivity contribution in [1.29, 1.82) is 0 Å². The smallest absolute Gasteiger partial charge is 0.238 e. The Hall–Kier alpha value is -0.950. The van der Waals surface area contributed by atoms with E-state index in [9.17, 15) is 4.79 Å². The molecule has 0 bridgehead atoms. The van der Waals surface area contributed by atoms with Crippen LogP contribution in [0.1, 0.15) is 12.8 Å². The first-order chi connectivity index (χ1) is 9.06. The van der Waals surface area contributed by atoms with Crippen LogP contribution in [0, 0.1) is 0 Å². The van der Waals surface area contributed by atoms with E-state index in [0.717, 1.165) is 25.9 Å². The number of aromatic nitrogens is 2. The Morgan fingerprint density at radius 2 is 1.95 bits per heavy atom. The maximum atomic E-state index is 11.9. The Bertz CT molecular complexity index is 442. The van der Waals surface area contributed by atoms with E-state index in [1.165, 1.54) is 6.33 Å². The Kier molecular flexibility index (Phi) is 4.93. The van der Waals surface area contributed by atoms with Gasteiger partial charge >= 0.3 is 0 Å². The number of piperidine rings is 1. The van der Waals surface area contributed by atoms with Gasteiger partial charge in [0.25, 0.3) is 0 Å². The molecular weight excluding hydrogens is 289 g/mol. The van der Waals surface area contributed by atoms with Crippen LogP contribution in [-0.2, 0) is 4.79 Å². The molecule has 104 valence electrons. The highest BCUT2D eigenvalue weighted by Gasteiger charge is 2.19. The van der Waals surface area contributed by atoms with Crippen LogP contribution < -0.4 is 11.1 Å². The van der Waals surface area contributed by atoms with E-state index in [0.29, 0.717) is 0 Å². The summed E-state index contributed by atoms with van der Waals surface area (Å²) in [6.45, 7) is 1.93. The number of hydrogen-bond donors (Lipinski definition) is 2. The van der Waals surface area contributed by atoms with E-state index in [4.69, 9.17) is 28.9 Å². The van der Waals surface area contributed by atoms with Crippen LogP contribution in [0.3, 0.4) is 0 Å². The van der Waals surface area contributed by atoms with Gasteiger partial charge in [-0.25, -0.2) is 9.97 Å². The molecule has 1 saturated heterocycles. The monoisotopic (exact) mass is 303 g/mol. The predicted octanol–water partition coefficient (Wildman–Crippen LogP) is 1.14. The lowest BCUT2D eigenvalue weighted by atomic mass is 10.1. The molecule has 1 aromatic heterocycles. The number of halogens is 2. The summed E-state index contributed by atoms with van der Waals surface area (Å²) in [5.41, 5.74) is 6.07. The molecule has 0 atom stereocenters. The Morgan fingerprint density at radius 1 is 1.37 bits per heavy atom.